The van der Waals surface area contributed by atoms with Crippen molar-refractivity contribution in [2.24, 2.45) is 0 Å². The van der Waals surface area contributed by atoms with Gasteiger partial charge in [0.1, 0.15) is 0 Å². The van der Waals surface area contributed by atoms with Gasteiger partial charge in [0.25, 0.3) is 0 Å². The zero-order valence-corrected chi connectivity index (χ0v) is 16.5. The lowest BCUT2D eigenvalue weighted by Gasteiger charge is -2.12. The van der Waals surface area contributed by atoms with E-state index in [0.29, 0.717) is 6.54 Å². The van der Waals surface area contributed by atoms with Crippen molar-refractivity contribution in [2.45, 2.75) is 30.4 Å². The third kappa shape index (κ3) is 7.37. The Morgan fingerprint density at radius 2 is 1.69 bits per heavy atom. The Morgan fingerprint density at radius 1 is 1.08 bits per heavy atom. The van der Waals surface area contributed by atoms with E-state index in [4.69, 9.17) is 5.73 Å². The average Bonchev–Trinajstić information content (AvgIpc) is 2.58. The van der Waals surface area contributed by atoms with Crippen LogP contribution in [0.5, 0.6) is 0 Å². The number of halogens is 1. The highest BCUT2D eigenvalue weighted by Gasteiger charge is 2.13. The van der Waals surface area contributed by atoms with E-state index in [1.54, 1.807) is 0 Å². The third-order valence-electron chi connectivity index (χ3n) is 3.55. The quantitative estimate of drug-likeness (QED) is 0.496. The van der Waals surface area contributed by atoms with E-state index in [2.05, 4.69) is 10.6 Å². The van der Waals surface area contributed by atoms with Gasteiger partial charge in [-0.2, -0.15) is 0 Å². The maximum absolute atomic E-state index is 12.2. The molecule has 1 atom stereocenters. The van der Waals surface area contributed by atoms with Gasteiger partial charge in [-0.3, -0.25) is 9.59 Å². The van der Waals surface area contributed by atoms with E-state index in [1.807, 2.05) is 55.5 Å². The van der Waals surface area contributed by atoms with Gasteiger partial charge in [0.15, 0.2) is 0 Å². The molecule has 26 heavy (non-hydrogen) atoms. The molecule has 0 spiro atoms. The molecule has 140 valence electrons. The standard InChI is InChI=1S/C19H23N3O2S.ClH/c1-13(25-18-9-7-17(8-10-18)22-14(2)23)19(24)21-12-11-15-3-5-16(20)6-4-15;/h3-10,13H,11-12,20H2,1-2H3,(H,21,24)(H,22,23);1H. The van der Waals surface area contributed by atoms with E-state index in [0.717, 1.165) is 28.3 Å². The molecule has 5 nitrogen and oxygen atoms in total. The van der Waals surface area contributed by atoms with Gasteiger partial charge in [-0.15, -0.1) is 24.2 Å². The zero-order valence-electron chi connectivity index (χ0n) is 14.8. The van der Waals surface area contributed by atoms with Crippen LogP contribution in [-0.2, 0) is 16.0 Å². The first-order valence-corrected chi connectivity index (χ1v) is 8.98. The predicted molar refractivity (Wildman–Crippen MR) is 111 cm³/mol. The number of anilines is 2. The molecule has 2 aromatic carbocycles. The molecule has 0 aliphatic carbocycles. The van der Waals surface area contributed by atoms with Crippen LogP contribution in [0.3, 0.4) is 0 Å². The van der Waals surface area contributed by atoms with Gasteiger partial charge in [0.2, 0.25) is 11.8 Å². The number of nitrogens with one attached hydrogen (secondary N) is 2. The van der Waals surface area contributed by atoms with Crippen LogP contribution >= 0.6 is 24.2 Å². The first-order valence-electron chi connectivity index (χ1n) is 8.10. The first-order chi connectivity index (χ1) is 11.9. The molecule has 0 fully saturated rings. The molecule has 1 unspecified atom stereocenters. The summed E-state index contributed by atoms with van der Waals surface area (Å²) < 4.78 is 0. The Bertz CT molecular complexity index is 721. The van der Waals surface area contributed by atoms with E-state index in [9.17, 15) is 9.59 Å². The predicted octanol–water partition coefficient (Wildman–Crippen LogP) is 3.49. The number of nitrogens with two attached hydrogens (primary N) is 1. The van der Waals surface area contributed by atoms with Gasteiger partial charge in [0.05, 0.1) is 5.25 Å². The summed E-state index contributed by atoms with van der Waals surface area (Å²) in [5, 5.41) is 5.48. The molecule has 0 saturated carbocycles. The van der Waals surface area contributed by atoms with Gasteiger partial charge in [-0.1, -0.05) is 12.1 Å². The highest BCUT2D eigenvalue weighted by Crippen LogP contribution is 2.24. The van der Waals surface area contributed by atoms with E-state index in [1.165, 1.54) is 18.7 Å². The molecule has 0 aliphatic heterocycles. The highest BCUT2D eigenvalue weighted by atomic mass is 35.5. The summed E-state index contributed by atoms with van der Waals surface area (Å²) in [6.45, 7) is 3.94. The molecule has 0 saturated heterocycles. The van der Waals surface area contributed by atoms with Gasteiger partial charge >= 0.3 is 0 Å². The van der Waals surface area contributed by atoms with Crippen molar-refractivity contribution in [2.75, 3.05) is 17.6 Å². The normalized spacial score (nSPS) is 11.2. The molecule has 0 radical (unpaired) electrons. The minimum atomic E-state index is -0.196. The van der Waals surface area contributed by atoms with Crippen molar-refractivity contribution in [3.05, 3.63) is 54.1 Å². The van der Waals surface area contributed by atoms with Crippen LogP contribution in [-0.4, -0.2) is 23.6 Å². The lowest BCUT2D eigenvalue weighted by Crippen LogP contribution is -2.32. The molecule has 0 aromatic heterocycles. The van der Waals surface area contributed by atoms with Crippen LogP contribution in [0.25, 0.3) is 0 Å². The Kier molecular flexibility index (Phi) is 9.02. The minimum absolute atomic E-state index is 0. The Hall–Kier alpha value is -2.18. The van der Waals surface area contributed by atoms with Crippen molar-refractivity contribution in [3.63, 3.8) is 0 Å². The summed E-state index contributed by atoms with van der Waals surface area (Å²) >= 11 is 1.49. The number of hydrogen-bond donors (Lipinski definition) is 3. The average molecular weight is 394 g/mol. The SMILES string of the molecule is CC(=O)Nc1ccc(SC(C)C(=O)NCCc2ccc(N)cc2)cc1.Cl. The van der Waals surface area contributed by atoms with Gasteiger partial charge in [-0.25, -0.2) is 0 Å². The summed E-state index contributed by atoms with van der Waals surface area (Å²) in [7, 11) is 0. The molecule has 2 rings (SSSR count). The van der Waals surface area contributed by atoms with Crippen molar-refractivity contribution in [1.82, 2.24) is 5.32 Å². The Labute approximate surface area is 164 Å². The van der Waals surface area contributed by atoms with Crippen LogP contribution in [0.4, 0.5) is 11.4 Å². The molecule has 2 aromatic rings. The summed E-state index contributed by atoms with van der Waals surface area (Å²) in [6, 6.07) is 15.1. The number of rotatable bonds is 7. The van der Waals surface area contributed by atoms with Crippen molar-refractivity contribution >= 4 is 47.4 Å². The summed E-state index contributed by atoms with van der Waals surface area (Å²) in [4.78, 5) is 24.2. The molecule has 7 heteroatoms. The van der Waals surface area contributed by atoms with E-state index >= 15 is 0 Å². The topological polar surface area (TPSA) is 84.2 Å². The molecule has 0 heterocycles. The Balaban J connectivity index is 0.00000338. The highest BCUT2D eigenvalue weighted by molar-refractivity contribution is 8.00. The molecular weight excluding hydrogens is 370 g/mol. The second-order valence-corrected chi connectivity index (χ2v) is 7.16. The molecule has 0 aliphatic rings. The van der Waals surface area contributed by atoms with E-state index in [-0.39, 0.29) is 29.5 Å². The van der Waals surface area contributed by atoms with Crippen molar-refractivity contribution in [1.29, 1.82) is 0 Å². The largest absolute Gasteiger partial charge is 0.399 e. The van der Waals surface area contributed by atoms with Gasteiger partial charge in [0, 0.05) is 29.7 Å². The fourth-order valence-corrected chi connectivity index (χ4v) is 3.13. The first kappa shape index (κ1) is 21.9. The lowest BCUT2D eigenvalue weighted by atomic mass is 10.1. The van der Waals surface area contributed by atoms with Gasteiger partial charge in [-0.05, 0) is 55.3 Å². The molecule has 0 bridgehead atoms. The monoisotopic (exact) mass is 393 g/mol. The van der Waals surface area contributed by atoms with Crippen LogP contribution in [0, 0.1) is 0 Å². The van der Waals surface area contributed by atoms with Gasteiger partial charge < -0.3 is 16.4 Å². The van der Waals surface area contributed by atoms with Crippen LogP contribution in [0.1, 0.15) is 19.4 Å². The number of thioether (sulfide) groups is 1. The number of amides is 2. The van der Waals surface area contributed by atoms with Crippen LogP contribution in [0.2, 0.25) is 0 Å². The summed E-state index contributed by atoms with van der Waals surface area (Å²) in [6.07, 6.45) is 0.773. The second-order valence-electron chi connectivity index (χ2n) is 5.75. The van der Waals surface area contributed by atoms with E-state index < -0.39 is 0 Å². The Morgan fingerprint density at radius 3 is 2.27 bits per heavy atom. The number of nitrogen functional groups attached to an aromatic ring is 1. The van der Waals surface area contributed by atoms with Crippen LogP contribution < -0.4 is 16.4 Å². The molecule has 4 N–H and O–H groups in total. The minimum Gasteiger partial charge on any atom is -0.399 e. The number of carbonyl (C=O) groups excluding carboxylic acids is 2. The number of benzene rings is 2. The van der Waals surface area contributed by atoms with Crippen molar-refractivity contribution in [3.8, 4) is 0 Å². The zero-order chi connectivity index (χ0) is 18.2. The molecular formula is C19H24ClN3O2S. The summed E-state index contributed by atoms with van der Waals surface area (Å²) in [5.41, 5.74) is 8.28. The maximum atomic E-state index is 12.2. The fourth-order valence-electron chi connectivity index (χ4n) is 2.24. The smallest absolute Gasteiger partial charge is 0.233 e. The number of hydrogen-bond acceptors (Lipinski definition) is 4. The summed E-state index contributed by atoms with van der Waals surface area (Å²) in [5.74, 6) is -0.0966. The molecule has 2 amide bonds. The lowest BCUT2D eigenvalue weighted by molar-refractivity contribution is -0.120. The fraction of sp³-hybridized carbons (Fsp3) is 0.263. The van der Waals surface area contributed by atoms with Crippen molar-refractivity contribution < 1.29 is 9.59 Å². The second kappa shape index (κ2) is 10.7. The third-order valence-corrected chi connectivity index (χ3v) is 4.66. The maximum Gasteiger partial charge on any atom is 0.233 e. The van der Waals surface area contributed by atoms with Crippen LogP contribution in [0.15, 0.2) is 53.4 Å². The number of carbonyl (C=O) groups is 2.